The number of H-pyrrole nitrogens is 1. The van der Waals surface area contributed by atoms with Gasteiger partial charge in [0, 0.05) is 22.1 Å². The molecule has 0 saturated heterocycles. The number of esters is 1. The first-order valence-electron chi connectivity index (χ1n) is 7.26. The lowest BCUT2D eigenvalue weighted by atomic mass is 10.2. The highest BCUT2D eigenvalue weighted by atomic mass is 35.5. The van der Waals surface area contributed by atoms with Crippen molar-refractivity contribution in [1.82, 2.24) is 4.98 Å². The third-order valence-corrected chi connectivity index (χ3v) is 3.62. The summed E-state index contributed by atoms with van der Waals surface area (Å²) in [5.41, 5.74) is 2.68. The van der Waals surface area contributed by atoms with Gasteiger partial charge in [-0.15, -0.1) is 0 Å². The predicted octanol–water partition coefficient (Wildman–Crippen LogP) is 4.75. The van der Waals surface area contributed by atoms with E-state index in [-0.39, 0.29) is 0 Å². The highest BCUT2D eigenvalue weighted by Gasteiger charge is 2.17. The first-order chi connectivity index (χ1) is 11.2. The van der Waals surface area contributed by atoms with E-state index in [9.17, 15) is 4.79 Å². The average Bonchev–Trinajstić information content (AvgIpc) is 2.93. The molecule has 0 spiro atoms. The summed E-state index contributed by atoms with van der Waals surface area (Å²) in [5.74, 6) is -0.410. The Morgan fingerprint density at radius 3 is 2.70 bits per heavy atom. The number of nitrogens with zero attached hydrogens (tertiary/aromatic N) is 1. The maximum absolute atomic E-state index is 12.1. The quantitative estimate of drug-likeness (QED) is 0.555. The number of aliphatic imine (C=N–C) groups is 1. The van der Waals surface area contributed by atoms with Crippen molar-refractivity contribution in [3.05, 3.63) is 64.8 Å². The zero-order chi connectivity index (χ0) is 16.2. The molecule has 23 heavy (non-hydrogen) atoms. The fraction of sp³-hybridized carbons (Fsp3) is 0.111. The van der Waals surface area contributed by atoms with Crippen LogP contribution >= 0.6 is 11.6 Å². The van der Waals surface area contributed by atoms with Gasteiger partial charge in [0.1, 0.15) is 5.69 Å². The zero-order valence-electron chi connectivity index (χ0n) is 12.5. The van der Waals surface area contributed by atoms with Crippen LogP contribution in [0.3, 0.4) is 0 Å². The van der Waals surface area contributed by atoms with Crippen molar-refractivity contribution >= 4 is 40.4 Å². The van der Waals surface area contributed by atoms with Gasteiger partial charge in [-0.3, -0.25) is 4.99 Å². The minimum absolute atomic E-state index is 0.314. The van der Waals surface area contributed by atoms with E-state index in [2.05, 4.69) is 9.98 Å². The SMILES string of the molecule is CCOC(=O)c1[nH]c2ccccc2c1N=Cc1ccc(Cl)cc1. The smallest absolute Gasteiger partial charge is 0.357 e. The van der Waals surface area contributed by atoms with Crippen molar-refractivity contribution in [2.75, 3.05) is 6.61 Å². The molecule has 0 saturated carbocycles. The molecule has 2 aromatic carbocycles. The van der Waals surface area contributed by atoms with Gasteiger partial charge in [0.05, 0.1) is 6.61 Å². The Hall–Kier alpha value is -2.59. The Labute approximate surface area is 138 Å². The monoisotopic (exact) mass is 326 g/mol. The van der Waals surface area contributed by atoms with Crippen LogP contribution in [-0.2, 0) is 4.74 Å². The number of carbonyl (C=O) groups is 1. The van der Waals surface area contributed by atoms with Crippen LogP contribution in [0, 0.1) is 0 Å². The molecular weight excluding hydrogens is 312 g/mol. The number of benzene rings is 2. The third kappa shape index (κ3) is 3.27. The maximum Gasteiger partial charge on any atom is 0.357 e. The van der Waals surface area contributed by atoms with Crippen LogP contribution in [0.5, 0.6) is 0 Å². The average molecular weight is 327 g/mol. The summed E-state index contributed by atoms with van der Waals surface area (Å²) < 4.78 is 5.10. The lowest BCUT2D eigenvalue weighted by Gasteiger charge is -2.00. The molecule has 116 valence electrons. The standard InChI is InChI=1S/C18H15ClN2O2/c1-2-23-18(22)17-16(14-5-3-4-6-15(14)21-17)20-11-12-7-9-13(19)10-8-12/h3-11,21H,2H2,1H3. The van der Waals surface area contributed by atoms with Crippen LogP contribution in [0.1, 0.15) is 23.0 Å². The second-order valence-corrected chi connectivity index (χ2v) is 5.36. The summed E-state index contributed by atoms with van der Waals surface area (Å²) in [5, 5.41) is 1.54. The summed E-state index contributed by atoms with van der Waals surface area (Å²) in [7, 11) is 0. The number of carbonyl (C=O) groups excluding carboxylic acids is 1. The number of aromatic amines is 1. The van der Waals surface area contributed by atoms with E-state index in [1.54, 1.807) is 25.3 Å². The van der Waals surface area contributed by atoms with Crippen molar-refractivity contribution in [2.45, 2.75) is 6.92 Å². The molecule has 0 aliphatic rings. The highest BCUT2D eigenvalue weighted by Crippen LogP contribution is 2.30. The van der Waals surface area contributed by atoms with Gasteiger partial charge in [-0.2, -0.15) is 0 Å². The number of rotatable bonds is 4. The lowest BCUT2D eigenvalue weighted by molar-refractivity contribution is 0.0521. The molecule has 0 amide bonds. The number of para-hydroxylation sites is 1. The highest BCUT2D eigenvalue weighted by molar-refractivity contribution is 6.30. The number of hydrogen-bond acceptors (Lipinski definition) is 3. The molecule has 0 radical (unpaired) electrons. The zero-order valence-corrected chi connectivity index (χ0v) is 13.3. The van der Waals surface area contributed by atoms with Gasteiger partial charge in [-0.25, -0.2) is 4.79 Å². The number of ether oxygens (including phenoxy) is 1. The molecule has 0 bridgehead atoms. The summed E-state index contributed by atoms with van der Waals surface area (Å²) in [4.78, 5) is 19.7. The minimum Gasteiger partial charge on any atom is -0.461 e. The molecule has 3 aromatic rings. The second-order valence-electron chi connectivity index (χ2n) is 4.92. The van der Waals surface area contributed by atoms with Crippen LogP contribution in [0.25, 0.3) is 10.9 Å². The molecule has 1 aromatic heterocycles. The number of aromatic nitrogens is 1. The molecule has 4 nitrogen and oxygen atoms in total. The number of nitrogens with one attached hydrogen (secondary N) is 1. The van der Waals surface area contributed by atoms with E-state index < -0.39 is 5.97 Å². The summed E-state index contributed by atoms with van der Waals surface area (Å²) >= 11 is 5.88. The van der Waals surface area contributed by atoms with Crippen molar-refractivity contribution in [2.24, 2.45) is 4.99 Å². The maximum atomic E-state index is 12.1. The largest absolute Gasteiger partial charge is 0.461 e. The molecule has 5 heteroatoms. The normalized spacial score (nSPS) is 11.2. The fourth-order valence-electron chi connectivity index (χ4n) is 2.30. The van der Waals surface area contributed by atoms with E-state index in [0.29, 0.717) is 23.0 Å². The van der Waals surface area contributed by atoms with Gasteiger partial charge in [-0.05, 0) is 30.7 Å². The van der Waals surface area contributed by atoms with Gasteiger partial charge in [-0.1, -0.05) is 41.9 Å². The summed E-state index contributed by atoms with van der Waals surface area (Å²) in [6.45, 7) is 2.09. The van der Waals surface area contributed by atoms with E-state index >= 15 is 0 Å². The molecule has 0 aliphatic carbocycles. The van der Waals surface area contributed by atoms with Crippen molar-refractivity contribution < 1.29 is 9.53 Å². The Morgan fingerprint density at radius 1 is 1.22 bits per heavy atom. The first-order valence-corrected chi connectivity index (χ1v) is 7.64. The van der Waals surface area contributed by atoms with Crippen molar-refractivity contribution in [3.63, 3.8) is 0 Å². The van der Waals surface area contributed by atoms with E-state index in [4.69, 9.17) is 16.3 Å². The van der Waals surface area contributed by atoms with Crippen LogP contribution in [0.2, 0.25) is 5.02 Å². The van der Waals surface area contributed by atoms with Gasteiger partial charge < -0.3 is 9.72 Å². The Balaban J connectivity index is 2.05. The summed E-state index contributed by atoms with van der Waals surface area (Å²) in [6, 6.07) is 15.0. The topological polar surface area (TPSA) is 54.5 Å². The minimum atomic E-state index is -0.410. The number of hydrogen-bond donors (Lipinski definition) is 1. The third-order valence-electron chi connectivity index (χ3n) is 3.37. The van der Waals surface area contributed by atoms with Crippen LogP contribution in [0.15, 0.2) is 53.5 Å². The lowest BCUT2D eigenvalue weighted by Crippen LogP contribution is -2.05. The molecule has 0 unspecified atom stereocenters. The van der Waals surface area contributed by atoms with Crippen LogP contribution in [0.4, 0.5) is 5.69 Å². The van der Waals surface area contributed by atoms with Gasteiger partial charge in [0.15, 0.2) is 5.69 Å². The second kappa shape index (κ2) is 6.67. The Morgan fingerprint density at radius 2 is 1.96 bits per heavy atom. The van der Waals surface area contributed by atoms with E-state index in [1.165, 1.54) is 0 Å². The van der Waals surface area contributed by atoms with Crippen molar-refractivity contribution in [3.8, 4) is 0 Å². The molecule has 0 atom stereocenters. The molecular formula is C18H15ClN2O2. The number of halogens is 1. The molecule has 0 fully saturated rings. The molecule has 3 rings (SSSR count). The number of fused-ring (bicyclic) bond motifs is 1. The van der Waals surface area contributed by atoms with Crippen LogP contribution in [-0.4, -0.2) is 23.8 Å². The van der Waals surface area contributed by atoms with Crippen molar-refractivity contribution in [1.29, 1.82) is 0 Å². The van der Waals surface area contributed by atoms with Gasteiger partial charge in [0.25, 0.3) is 0 Å². The van der Waals surface area contributed by atoms with E-state index in [0.717, 1.165) is 16.5 Å². The van der Waals surface area contributed by atoms with Gasteiger partial charge in [0.2, 0.25) is 0 Å². The molecule has 1 N–H and O–H groups in total. The molecule has 1 heterocycles. The Bertz CT molecular complexity index is 866. The Kier molecular flexibility index (Phi) is 4.44. The fourth-order valence-corrected chi connectivity index (χ4v) is 2.43. The first kappa shape index (κ1) is 15.3. The van der Waals surface area contributed by atoms with E-state index in [1.807, 2.05) is 36.4 Å². The molecule has 0 aliphatic heterocycles. The summed E-state index contributed by atoms with van der Waals surface area (Å²) in [6.07, 6.45) is 1.70. The predicted molar refractivity (Wildman–Crippen MR) is 93.0 cm³/mol. The van der Waals surface area contributed by atoms with Crippen LogP contribution < -0.4 is 0 Å². The van der Waals surface area contributed by atoms with Gasteiger partial charge >= 0.3 is 5.97 Å².